The third kappa shape index (κ3) is 3.08. The van der Waals surface area contributed by atoms with E-state index in [1.54, 1.807) is 11.3 Å². The maximum absolute atomic E-state index is 5.71. The number of rotatable bonds is 4. The van der Waals surface area contributed by atoms with Gasteiger partial charge in [-0.3, -0.25) is 0 Å². The van der Waals surface area contributed by atoms with Gasteiger partial charge in [-0.05, 0) is 32.4 Å². The molecule has 19 heavy (non-hydrogen) atoms. The van der Waals surface area contributed by atoms with Crippen LogP contribution in [0.2, 0.25) is 0 Å². The number of thiazole rings is 1. The SMILES string of the molecule is CCc1nc(Nc2nc(C)ccc2C(N)=S)sc1C. The number of nitrogens with two attached hydrogens (primary N) is 1. The first-order valence-corrected chi connectivity index (χ1v) is 7.24. The lowest BCUT2D eigenvalue weighted by atomic mass is 10.2. The van der Waals surface area contributed by atoms with Gasteiger partial charge in [0.25, 0.3) is 0 Å². The summed E-state index contributed by atoms with van der Waals surface area (Å²) in [6.45, 7) is 6.09. The zero-order valence-corrected chi connectivity index (χ0v) is 12.8. The van der Waals surface area contributed by atoms with Crippen molar-refractivity contribution >= 4 is 39.5 Å². The number of aromatic nitrogens is 2. The van der Waals surface area contributed by atoms with E-state index in [1.165, 1.54) is 4.88 Å². The molecule has 0 saturated carbocycles. The summed E-state index contributed by atoms with van der Waals surface area (Å²) >= 11 is 6.66. The van der Waals surface area contributed by atoms with E-state index in [-0.39, 0.29) is 0 Å². The van der Waals surface area contributed by atoms with Crippen LogP contribution in [-0.4, -0.2) is 15.0 Å². The van der Waals surface area contributed by atoms with Crippen molar-refractivity contribution in [3.05, 3.63) is 34.0 Å². The smallest absolute Gasteiger partial charge is 0.188 e. The fraction of sp³-hybridized carbons (Fsp3) is 0.308. The predicted molar refractivity (Wildman–Crippen MR) is 84.4 cm³/mol. The van der Waals surface area contributed by atoms with Crippen LogP contribution in [0, 0.1) is 13.8 Å². The summed E-state index contributed by atoms with van der Waals surface area (Å²) in [5.41, 5.74) is 8.47. The van der Waals surface area contributed by atoms with Crippen LogP contribution in [0.25, 0.3) is 0 Å². The average molecular weight is 292 g/mol. The Hall–Kier alpha value is -1.53. The Balaban J connectivity index is 2.36. The molecule has 100 valence electrons. The van der Waals surface area contributed by atoms with Gasteiger partial charge in [-0.1, -0.05) is 19.1 Å². The fourth-order valence-corrected chi connectivity index (χ4v) is 2.83. The van der Waals surface area contributed by atoms with Crippen molar-refractivity contribution in [2.75, 3.05) is 5.32 Å². The molecule has 0 radical (unpaired) electrons. The second-order valence-corrected chi connectivity index (χ2v) is 5.86. The van der Waals surface area contributed by atoms with Gasteiger partial charge in [-0.25, -0.2) is 9.97 Å². The van der Waals surface area contributed by atoms with Gasteiger partial charge in [0, 0.05) is 10.6 Å². The number of nitrogens with one attached hydrogen (secondary N) is 1. The van der Waals surface area contributed by atoms with Crippen molar-refractivity contribution < 1.29 is 0 Å². The fourth-order valence-electron chi connectivity index (χ4n) is 1.76. The summed E-state index contributed by atoms with van der Waals surface area (Å²) in [5.74, 6) is 0.670. The topological polar surface area (TPSA) is 63.8 Å². The molecule has 0 aliphatic carbocycles. The Morgan fingerprint density at radius 2 is 2.11 bits per heavy atom. The first-order valence-electron chi connectivity index (χ1n) is 6.02. The highest BCUT2D eigenvalue weighted by Gasteiger charge is 2.11. The van der Waals surface area contributed by atoms with Gasteiger partial charge in [0.1, 0.15) is 10.8 Å². The second-order valence-electron chi connectivity index (χ2n) is 4.21. The molecule has 0 bridgehead atoms. The van der Waals surface area contributed by atoms with E-state index in [1.807, 2.05) is 19.1 Å². The molecule has 4 nitrogen and oxygen atoms in total. The molecule has 2 aromatic heterocycles. The molecule has 0 atom stereocenters. The van der Waals surface area contributed by atoms with E-state index in [0.717, 1.165) is 28.5 Å². The normalized spacial score (nSPS) is 10.5. The minimum atomic E-state index is 0.332. The molecule has 2 aromatic rings. The van der Waals surface area contributed by atoms with Crippen LogP contribution in [0.5, 0.6) is 0 Å². The van der Waals surface area contributed by atoms with Gasteiger partial charge >= 0.3 is 0 Å². The van der Waals surface area contributed by atoms with Gasteiger partial charge < -0.3 is 11.1 Å². The van der Waals surface area contributed by atoms with Crippen LogP contribution in [0.15, 0.2) is 12.1 Å². The number of hydrogen-bond donors (Lipinski definition) is 2. The lowest BCUT2D eigenvalue weighted by Gasteiger charge is -2.08. The van der Waals surface area contributed by atoms with Crippen LogP contribution in [-0.2, 0) is 6.42 Å². The van der Waals surface area contributed by atoms with Crippen molar-refractivity contribution in [3.63, 3.8) is 0 Å². The number of aryl methyl sites for hydroxylation is 3. The van der Waals surface area contributed by atoms with Crippen molar-refractivity contribution in [3.8, 4) is 0 Å². The highest BCUT2D eigenvalue weighted by Crippen LogP contribution is 2.26. The molecule has 0 aliphatic heterocycles. The Morgan fingerprint density at radius 3 is 2.68 bits per heavy atom. The minimum Gasteiger partial charge on any atom is -0.389 e. The molecule has 0 aliphatic rings. The average Bonchev–Trinajstić information content (AvgIpc) is 2.69. The lowest BCUT2D eigenvalue weighted by Crippen LogP contribution is -2.13. The van der Waals surface area contributed by atoms with Crippen LogP contribution >= 0.6 is 23.6 Å². The van der Waals surface area contributed by atoms with Crippen LogP contribution in [0.4, 0.5) is 10.9 Å². The van der Waals surface area contributed by atoms with Gasteiger partial charge in [-0.15, -0.1) is 11.3 Å². The molecule has 3 N–H and O–H groups in total. The first-order chi connectivity index (χ1) is 9.01. The van der Waals surface area contributed by atoms with Gasteiger partial charge in [0.05, 0.1) is 11.3 Å². The van der Waals surface area contributed by atoms with Crippen LogP contribution in [0.1, 0.15) is 28.8 Å². The number of anilines is 2. The van der Waals surface area contributed by atoms with Crippen molar-refractivity contribution in [2.45, 2.75) is 27.2 Å². The summed E-state index contributed by atoms with van der Waals surface area (Å²) < 4.78 is 0. The van der Waals surface area contributed by atoms with E-state index in [0.29, 0.717) is 10.8 Å². The molecule has 2 rings (SSSR count). The molecule has 6 heteroatoms. The van der Waals surface area contributed by atoms with Crippen molar-refractivity contribution in [1.82, 2.24) is 9.97 Å². The number of hydrogen-bond acceptors (Lipinski definition) is 5. The quantitative estimate of drug-likeness (QED) is 0.848. The molecule has 0 amide bonds. The zero-order chi connectivity index (χ0) is 14.0. The predicted octanol–water partition coefficient (Wildman–Crippen LogP) is 3.10. The Morgan fingerprint density at radius 1 is 1.37 bits per heavy atom. The van der Waals surface area contributed by atoms with Gasteiger partial charge in [0.15, 0.2) is 5.13 Å². The van der Waals surface area contributed by atoms with E-state index in [4.69, 9.17) is 18.0 Å². The Bertz CT molecular complexity index is 619. The Labute approximate surface area is 122 Å². The van der Waals surface area contributed by atoms with Crippen molar-refractivity contribution in [1.29, 1.82) is 0 Å². The molecule has 2 heterocycles. The molecule has 0 aromatic carbocycles. The summed E-state index contributed by atoms with van der Waals surface area (Å²) in [7, 11) is 0. The highest BCUT2D eigenvalue weighted by molar-refractivity contribution is 7.80. The maximum atomic E-state index is 5.71. The zero-order valence-electron chi connectivity index (χ0n) is 11.2. The second kappa shape index (κ2) is 5.63. The van der Waals surface area contributed by atoms with Crippen LogP contribution < -0.4 is 11.1 Å². The van der Waals surface area contributed by atoms with Crippen molar-refractivity contribution in [2.24, 2.45) is 5.73 Å². The van der Waals surface area contributed by atoms with E-state index < -0.39 is 0 Å². The molecule has 0 spiro atoms. The summed E-state index contributed by atoms with van der Waals surface area (Å²) in [6, 6.07) is 3.78. The highest BCUT2D eigenvalue weighted by atomic mass is 32.1. The van der Waals surface area contributed by atoms with E-state index in [9.17, 15) is 0 Å². The lowest BCUT2D eigenvalue weighted by molar-refractivity contribution is 1.04. The number of thiocarbonyl (C=S) groups is 1. The molecule has 0 saturated heterocycles. The van der Waals surface area contributed by atoms with E-state index in [2.05, 4.69) is 29.1 Å². The minimum absolute atomic E-state index is 0.332. The number of pyridine rings is 1. The summed E-state index contributed by atoms with van der Waals surface area (Å²) in [5, 5.41) is 4.04. The van der Waals surface area contributed by atoms with Crippen LogP contribution in [0.3, 0.4) is 0 Å². The van der Waals surface area contributed by atoms with Gasteiger partial charge in [0.2, 0.25) is 0 Å². The molecule has 0 fully saturated rings. The molecular weight excluding hydrogens is 276 g/mol. The third-order valence-corrected chi connectivity index (χ3v) is 3.90. The number of nitrogens with zero attached hydrogens (tertiary/aromatic N) is 2. The summed E-state index contributed by atoms with van der Waals surface area (Å²) in [4.78, 5) is 10.5. The van der Waals surface area contributed by atoms with E-state index >= 15 is 0 Å². The largest absolute Gasteiger partial charge is 0.389 e. The first kappa shape index (κ1) is 13.9. The monoisotopic (exact) mass is 292 g/mol. The molecular formula is C13H16N4S2. The maximum Gasteiger partial charge on any atom is 0.188 e. The standard InChI is InChI=1S/C13H16N4S2/c1-4-10-8(3)19-13(16-10)17-12-9(11(14)18)6-5-7(2)15-12/h5-6H,4H2,1-3H3,(H2,14,18)(H,15,16,17). The third-order valence-electron chi connectivity index (χ3n) is 2.75. The Kier molecular flexibility index (Phi) is 4.11. The van der Waals surface area contributed by atoms with Gasteiger partial charge in [-0.2, -0.15) is 0 Å². The summed E-state index contributed by atoms with van der Waals surface area (Å²) in [6.07, 6.45) is 0.924. The molecule has 0 unspecified atom stereocenters.